The van der Waals surface area contributed by atoms with Crippen molar-refractivity contribution in [1.82, 2.24) is 5.32 Å². The second kappa shape index (κ2) is 6.97. The second-order valence-electron chi connectivity index (χ2n) is 3.71. The van der Waals surface area contributed by atoms with Crippen LogP contribution in [0.2, 0.25) is 0 Å². The number of carbonyl (C=O) groups excluding carboxylic acids is 1. The zero-order valence-electron chi connectivity index (χ0n) is 10.9. The average Bonchev–Trinajstić information content (AvgIpc) is 2.43. The number of nitrogens with one attached hydrogen (secondary N) is 1. The van der Waals surface area contributed by atoms with E-state index in [1.165, 1.54) is 0 Å². The summed E-state index contributed by atoms with van der Waals surface area (Å²) in [7, 11) is 0. The van der Waals surface area contributed by atoms with E-state index in [-0.39, 0.29) is 0 Å². The molecule has 18 nitrogen and oxygen atoms in total. The predicted molar refractivity (Wildman–Crippen MR) is 60.9 cm³/mol. The lowest BCUT2D eigenvalue weighted by Gasteiger charge is -2.11. The molecule has 0 aromatic rings. The lowest BCUT2D eigenvalue weighted by molar-refractivity contribution is -0.966. The van der Waals surface area contributed by atoms with Crippen molar-refractivity contribution < 1.29 is 38.5 Å². The van der Waals surface area contributed by atoms with Gasteiger partial charge in [0, 0.05) is 0 Å². The summed E-state index contributed by atoms with van der Waals surface area (Å²) in [6.45, 7) is -4.00. The third-order valence-electron chi connectivity index (χ3n) is 2.29. The molecule has 0 bridgehead atoms. The Balaban J connectivity index is 5.05. The Morgan fingerprint density at radius 2 is 1.25 bits per heavy atom. The molecular formula is C5H5FN6O12. The van der Waals surface area contributed by atoms with Crippen molar-refractivity contribution in [3.63, 3.8) is 0 Å². The highest BCUT2D eigenvalue weighted by atomic mass is 19.2. The smallest absolute Gasteiger partial charge is 0.430 e. The minimum atomic E-state index is -4.45. The van der Waals surface area contributed by atoms with Gasteiger partial charge in [0.2, 0.25) is 6.54 Å². The summed E-state index contributed by atoms with van der Waals surface area (Å²) in [5.41, 5.74) is 0. The van der Waals surface area contributed by atoms with Crippen molar-refractivity contribution in [2.24, 2.45) is 0 Å². The summed E-state index contributed by atoms with van der Waals surface area (Å²) < 4.78 is 16.9. The molecule has 19 heteroatoms. The number of halogens is 1. The first kappa shape index (κ1) is 20.2. The fraction of sp³-hybridized carbons (Fsp3) is 0.800. The Kier molecular flexibility index (Phi) is 5.87. The maximum absolute atomic E-state index is 13.2. The number of hydrogen-bond acceptors (Lipinski definition) is 12. The summed E-state index contributed by atoms with van der Waals surface area (Å²) in [6, 6.07) is 0. The quantitative estimate of drug-likeness (QED) is 0.210. The Bertz CT molecular complexity index is 555. The van der Waals surface area contributed by atoms with Crippen LogP contribution in [0.15, 0.2) is 0 Å². The molecule has 0 radical (unpaired) electrons. The van der Waals surface area contributed by atoms with Crippen LogP contribution in [-0.4, -0.2) is 55.6 Å². The number of nitro groups is 5. The lowest BCUT2D eigenvalue weighted by Crippen LogP contribution is -2.60. The highest BCUT2D eigenvalue weighted by molar-refractivity contribution is 5.67. The number of ether oxygens (including phenoxy) is 1. The number of alkyl halides is 1. The number of nitrogens with zero attached hydrogens (tertiary/aromatic N) is 5. The van der Waals surface area contributed by atoms with Crippen molar-refractivity contribution in [3.8, 4) is 0 Å². The van der Waals surface area contributed by atoms with Crippen LogP contribution < -0.4 is 5.32 Å². The van der Waals surface area contributed by atoms with E-state index in [0.717, 1.165) is 5.32 Å². The fourth-order valence-corrected chi connectivity index (χ4v) is 0.965. The Hall–Kier alpha value is -3.80. The molecule has 0 aromatic heterocycles. The van der Waals surface area contributed by atoms with Crippen LogP contribution in [0.4, 0.5) is 9.18 Å². The minimum Gasteiger partial charge on any atom is -0.430 e. The molecule has 0 aliphatic heterocycles. The summed E-state index contributed by atoms with van der Waals surface area (Å²) in [6.07, 6.45) is -2.05. The van der Waals surface area contributed by atoms with Crippen LogP contribution >= 0.6 is 0 Å². The summed E-state index contributed by atoms with van der Waals surface area (Å²) in [5.74, 6) is -8.57. The highest BCUT2D eigenvalue weighted by Crippen LogP contribution is 2.14. The molecule has 0 aliphatic rings. The SMILES string of the molecule is O=C(NCC([N+](=O)[O-])([N+](=O)[O-])[N+](=O)[O-])OCC(F)([N+](=O)[O-])[N+](=O)[O-]. The van der Waals surface area contributed by atoms with Gasteiger partial charge in [0.05, 0.1) is 0 Å². The van der Waals surface area contributed by atoms with Gasteiger partial charge < -0.3 is 4.74 Å². The van der Waals surface area contributed by atoms with Crippen LogP contribution in [0, 0.1) is 50.6 Å². The van der Waals surface area contributed by atoms with Gasteiger partial charge in [0.1, 0.15) is 9.85 Å². The van der Waals surface area contributed by atoms with Crippen molar-refractivity contribution in [1.29, 1.82) is 0 Å². The molecule has 0 atom stereocenters. The summed E-state index contributed by atoms with van der Waals surface area (Å²) in [5, 5.41) is 53.0. The summed E-state index contributed by atoms with van der Waals surface area (Å²) in [4.78, 5) is 52.9. The van der Waals surface area contributed by atoms with E-state index in [2.05, 4.69) is 4.74 Å². The average molecular weight is 360 g/mol. The van der Waals surface area contributed by atoms with Gasteiger partial charge in [-0.25, -0.2) is 4.79 Å². The first-order valence-corrected chi connectivity index (χ1v) is 5.14. The van der Waals surface area contributed by atoms with Crippen LogP contribution in [-0.2, 0) is 4.74 Å². The topological polar surface area (TPSA) is 254 Å². The maximum Gasteiger partial charge on any atom is 0.717 e. The van der Waals surface area contributed by atoms with Crippen molar-refractivity contribution in [3.05, 3.63) is 50.6 Å². The molecular weight excluding hydrogens is 355 g/mol. The third kappa shape index (κ3) is 3.69. The Morgan fingerprint density at radius 1 is 0.875 bits per heavy atom. The molecule has 0 aliphatic carbocycles. The lowest BCUT2D eigenvalue weighted by atomic mass is 10.4. The molecule has 0 heterocycles. The zero-order valence-corrected chi connectivity index (χ0v) is 10.9. The number of carbonyl (C=O) groups is 1. The van der Waals surface area contributed by atoms with Gasteiger partial charge in [-0.15, -0.1) is 0 Å². The van der Waals surface area contributed by atoms with Crippen LogP contribution in [0.1, 0.15) is 0 Å². The Morgan fingerprint density at radius 3 is 1.54 bits per heavy atom. The van der Waals surface area contributed by atoms with Gasteiger partial charge in [-0.05, 0) is 0 Å². The van der Waals surface area contributed by atoms with Crippen molar-refractivity contribution in [2.45, 2.75) is 11.7 Å². The van der Waals surface area contributed by atoms with E-state index in [4.69, 9.17) is 0 Å². The third-order valence-corrected chi connectivity index (χ3v) is 2.29. The molecule has 0 aromatic carbocycles. The highest BCUT2D eigenvalue weighted by Gasteiger charge is 2.70. The monoisotopic (exact) mass is 360 g/mol. The van der Waals surface area contributed by atoms with Crippen molar-refractivity contribution >= 4 is 6.09 Å². The molecule has 0 saturated heterocycles. The Labute approximate surface area is 126 Å². The van der Waals surface area contributed by atoms with Gasteiger partial charge in [0.25, 0.3) is 6.61 Å². The molecule has 0 unspecified atom stereocenters. The fourth-order valence-electron chi connectivity index (χ4n) is 0.965. The molecule has 24 heavy (non-hydrogen) atoms. The number of rotatable bonds is 9. The van der Waals surface area contributed by atoms with E-state index in [9.17, 15) is 59.8 Å². The molecule has 0 fully saturated rings. The van der Waals surface area contributed by atoms with Gasteiger partial charge in [-0.3, -0.25) is 55.9 Å². The minimum absolute atomic E-state index is 1.12. The van der Waals surface area contributed by atoms with E-state index in [1.54, 1.807) is 0 Å². The van der Waals surface area contributed by atoms with Crippen LogP contribution in [0.3, 0.4) is 0 Å². The molecule has 0 saturated carbocycles. The van der Waals surface area contributed by atoms with Gasteiger partial charge >= 0.3 is 17.8 Å². The second-order valence-corrected chi connectivity index (χ2v) is 3.71. The van der Waals surface area contributed by atoms with E-state index < -0.39 is 55.6 Å². The predicted octanol–water partition coefficient (Wildman–Crippen LogP) is -1.63. The molecule has 0 spiro atoms. The van der Waals surface area contributed by atoms with Gasteiger partial charge in [0.15, 0.2) is 14.8 Å². The zero-order chi connectivity index (χ0) is 19.3. The van der Waals surface area contributed by atoms with E-state index in [0.29, 0.717) is 0 Å². The molecule has 134 valence electrons. The summed E-state index contributed by atoms with van der Waals surface area (Å²) >= 11 is 0. The first-order chi connectivity index (χ1) is 10.8. The number of alkyl carbamates (subject to hydrolysis) is 1. The van der Waals surface area contributed by atoms with Gasteiger partial charge in [-0.2, -0.15) is 0 Å². The molecule has 0 rings (SSSR count). The maximum atomic E-state index is 13.2. The first-order valence-electron chi connectivity index (χ1n) is 5.14. The normalized spacial score (nSPS) is 11.2. The number of amides is 1. The van der Waals surface area contributed by atoms with Crippen LogP contribution in [0.25, 0.3) is 0 Å². The standard InChI is InChI=1S/C5H5FN6O12/c6-4(8(14)15,9(16)17)2-24-3(13)7-1-5(10(18)19,11(20)21)12(22)23/h1-2H2,(H,7,13). The number of hydrogen-bond donors (Lipinski definition) is 1. The van der Waals surface area contributed by atoms with Crippen molar-refractivity contribution in [2.75, 3.05) is 13.2 Å². The van der Waals surface area contributed by atoms with E-state index in [1.807, 2.05) is 0 Å². The van der Waals surface area contributed by atoms with Crippen LogP contribution in [0.5, 0.6) is 0 Å². The largest absolute Gasteiger partial charge is 0.717 e. The van der Waals surface area contributed by atoms with E-state index >= 15 is 0 Å². The van der Waals surface area contributed by atoms with Gasteiger partial charge in [-0.1, -0.05) is 4.39 Å². The molecule has 1 amide bonds. The molecule has 1 N–H and O–H groups in total.